The predicted molar refractivity (Wildman–Crippen MR) is 130 cm³/mol. The number of benzene rings is 1. The van der Waals surface area contributed by atoms with E-state index in [1.165, 1.54) is 5.56 Å². The minimum Gasteiger partial charge on any atom is -0.329 e. The average molecular weight is 629 g/mol. The first-order valence-electron chi connectivity index (χ1n) is 9.09. The van der Waals surface area contributed by atoms with Gasteiger partial charge in [-0.1, -0.05) is 30.3 Å². The zero-order valence-corrected chi connectivity index (χ0v) is 22.2. The Morgan fingerprint density at radius 3 is 1.08 bits per heavy atom. The Kier molecular flexibility index (Phi) is 27.2. The zero-order valence-electron chi connectivity index (χ0n) is 18.9. The van der Waals surface area contributed by atoms with Gasteiger partial charge in [0.1, 0.15) is 0 Å². The molecule has 0 unspecified atom stereocenters. The summed E-state index contributed by atoms with van der Waals surface area (Å²) in [5, 5.41) is 10.0. The van der Waals surface area contributed by atoms with Gasteiger partial charge in [-0.15, -0.1) is 0 Å². The Hall–Kier alpha value is -1.46. The fourth-order valence-corrected chi connectivity index (χ4v) is 1.53. The highest BCUT2D eigenvalue weighted by atomic mass is 32.3. The van der Waals surface area contributed by atoms with Gasteiger partial charge in [0.2, 0.25) is 0 Å². The van der Waals surface area contributed by atoms with Crippen molar-refractivity contribution in [2.45, 2.75) is 6.54 Å². The molecule has 0 aliphatic rings. The van der Waals surface area contributed by atoms with Crippen molar-refractivity contribution < 1.29 is 70.1 Å². The van der Waals surface area contributed by atoms with Crippen LogP contribution in [0.3, 0.4) is 0 Å². The molecule has 0 aliphatic carbocycles. The maximum Gasteiger partial charge on any atom is 0.394 e. The lowest BCUT2D eigenvalue weighted by atomic mass is 10.2. The molecule has 0 fully saturated rings. The molecule has 0 spiro atoms. The molecule has 1 aromatic carbocycles. The summed E-state index contributed by atoms with van der Waals surface area (Å²) >= 11 is 0. The highest BCUT2D eigenvalue weighted by Gasteiger charge is 1.91. The zero-order chi connectivity index (χ0) is 30.2. The van der Waals surface area contributed by atoms with Gasteiger partial charge in [0.05, 0.1) is 0 Å². The van der Waals surface area contributed by atoms with Gasteiger partial charge in [-0.05, 0) is 5.56 Å². The van der Waals surface area contributed by atoms with Crippen LogP contribution in [0.5, 0.6) is 0 Å². The third-order valence-corrected chi connectivity index (χ3v) is 2.45. The molecule has 0 bridgehead atoms. The first-order chi connectivity index (χ1) is 16.4. The van der Waals surface area contributed by atoms with E-state index in [4.69, 9.17) is 75.8 Å². The topological polar surface area (TPSA) is 361 Å². The number of nitrogens with two attached hydrogens (primary N) is 1. The van der Waals surface area contributed by atoms with E-state index in [-0.39, 0.29) is 0 Å². The number of rotatable bonds is 10. The molecule has 13 N–H and O–H groups in total. The van der Waals surface area contributed by atoms with Crippen molar-refractivity contribution in [2.75, 3.05) is 39.3 Å². The summed E-state index contributed by atoms with van der Waals surface area (Å²) in [5.74, 6) is 0. The van der Waals surface area contributed by atoms with Crippen molar-refractivity contribution in [3.05, 3.63) is 35.9 Å². The summed E-state index contributed by atoms with van der Waals surface area (Å²) in [5.41, 5.74) is 6.70. The molecule has 0 saturated heterocycles. The molecule has 0 heterocycles. The van der Waals surface area contributed by atoms with Crippen LogP contribution in [0.1, 0.15) is 5.56 Å². The second-order valence-electron chi connectivity index (χ2n) is 5.74. The van der Waals surface area contributed by atoms with Gasteiger partial charge in [-0.25, -0.2) is 0 Å². The van der Waals surface area contributed by atoms with Gasteiger partial charge in [-0.2, -0.15) is 33.7 Å². The third-order valence-electron chi connectivity index (χ3n) is 2.45. The van der Waals surface area contributed by atoms with Crippen LogP contribution in [0.4, 0.5) is 0 Å². The van der Waals surface area contributed by atoms with Gasteiger partial charge < -0.3 is 21.7 Å². The molecule has 224 valence electrons. The van der Waals surface area contributed by atoms with Crippen LogP contribution in [-0.2, 0) is 48.1 Å². The lowest BCUT2D eigenvalue weighted by Gasteiger charge is -2.07. The molecule has 0 radical (unpaired) electrons. The van der Waals surface area contributed by atoms with Crippen molar-refractivity contribution in [3.63, 3.8) is 0 Å². The maximum absolute atomic E-state index is 8.74. The number of hydrogen-bond acceptors (Lipinski definition) is 12. The molecule has 20 nitrogen and oxygen atoms in total. The molecule has 1 rings (SSSR count). The molecule has 37 heavy (non-hydrogen) atoms. The van der Waals surface area contributed by atoms with E-state index < -0.39 is 41.6 Å². The summed E-state index contributed by atoms with van der Waals surface area (Å²) in [6, 6.07) is 10.4. The lowest BCUT2D eigenvalue weighted by Crippen LogP contribution is -2.34. The number of hydrogen-bond donors (Lipinski definition) is 12. The summed E-state index contributed by atoms with van der Waals surface area (Å²) in [7, 11) is -18.7. The minimum atomic E-state index is -4.67. The van der Waals surface area contributed by atoms with Crippen molar-refractivity contribution >= 4 is 41.6 Å². The van der Waals surface area contributed by atoms with Gasteiger partial charge in [0.25, 0.3) is 0 Å². The van der Waals surface area contributed by atoms with Gasteiger partial charge >= 0.3 is 41.6 Å². The second-order valence-corrected chi connectivity index (χ2v) is 9.33. The molecular weight excluding hydrogens is 596 g/mol. The van der Waals surface area contributed by atoms with Crippen molar-refractivity contribution in [3.8, 4) is 0 Å². The Morgan fingerprint density at radius 2 is 0.784 bits per heavy atom. The Balaban J connectivity index is -0.000000223. The Morgan fingerprint density at radius 1 is 0.514 bits per heavy atom. The molecule has 0 saturated carbocycles. The minimum absolute atomic E-state index is 0.707. The number of nitrogens with one attached hydrogen (secondary N) is 3. The van der Waals surface area contributed by atoms with Crippen LogP contribution in [0.2, 0.25) is 0 Å². The van der Waals surface area contributed by atoms with E-state index in [1.807, 2.05) is 6.07 Å². The summed E-state index contributed by atoms with van der Waals surface area (Å²) in [6.45, 7) is 6.51. The Labute approximate surface area is 215 Å². The summed E-state index contributed by atoms with van der Waals surface area (Å²) in [6.07, 6.45) is 0. The smallest absolute Gasteiger partial charge is 0.329 e. The van der Waals surface area contributed by atoms with E-state index in [0.717, 1.165) is 39.3 Å². The standard InChI is InChI=1S/C13H24N4.4H2O4S/c14-6-7-15-8-9-16-10-11-17-12-13-4-2-1-3-5-13;4*1-5(2,3)4/h1-5,15-17H,6-12,14H2;4*(H2,1,2,3,4). The highest BCUT2D eigenvalue weighted by molar-refractivity contribution is 7.80. The first-order valence-corrected chi connectivity index (χ1v) is 14.7. The molecule has 0 amide bonds. The monoisotopic (exact) mass is 628 g/mol. The van der Waals surface area contributed by atoms with Crippen molar-refractivity contribution in [2.24, 2.45) is 5.73 Å². The van der Waals surface area contributed by atoms with Gasteiger partial charge in [-0.3, -0.25) is 36.4 Å². The molecule has 0 aromatic heterocycles. The van der Waals surface area contributed by atoms with Gasteiger partial charge in [0.15, 0.2) is 0 Å². The van der Waals surface area contributed by atoms with E-state index in [9.17, 15) is 0 Å². The fraction of sp³-hybridized carbons (Fsp3) is 0.538. The van der Waals surface area contributed by atoms with Crippen LogP contribution in [0.25, 0.3) is 0 Å². The molecule has 0 aliphatic heterocycles. The largest absolute Gasteiger partial charge is 0.394 e. The first kappa shape index (κ1) is 42.6. The Bertz CT molecular complexity index is 929. The van der Waals surface area contributed by atoms with E-state index in [0.29, 0.717) is 6.54 Å². The molecular formula is C13H32N4O16S4. The van der Waals surface area contributed by atoms with E-state index in [1.54, 1.807) is 0 Å². The van der Waals surface area contributed by atoms with E-state index in [2.05, 4.69) is 40.2 Å². The SMILES string of the molecule is NCCNCCNCCNCc1ccccc1.O=S(=O)(O)O.O=S(=O)(O)O.O=S(=O)(O)O.O=S(=O)(O)O. The quantitative estimate of drug-likeness (QED) is 0.0925. The predicted octanol–water partition coefficient (Wildman–Crippen LogP) is -2.70. The summed E-state index contributed by atoms with van der Waals surface area (Å²) < 4.78 is 126. The van der Waals surface area contributed by atoms with Crippen LogP contribution in [0.15, 0.2) is 30.3 Å². The lowest BCUT2D eigenvalue weighted by molar-refractivity contribution is 0.378. The van der Waals surface area contributed by atoms with Crippen molar-refractivity contribution in [1.82, 2.24) is 16.0 Å². The molecule has 24 heteroatoms. The maximum atomic E-state index is 8.74. The fourth-order valence-electron chi connectivity index (χ4n) is 1.53. The van der Waals surface area contributed by atoms with Crippen LogP contribution >= 0.6 is 0 Å². The van der Waals surface area contributed by atoms with Crippen LogP contribution < -0.4 is 21.7 Å². The van der Waals surface area contributed by atoms with Crippen molar-refractivity contribution in [1.29, 1.82) is 0 Å². The van der Waals surface area contributed by atoms with E-state index >= 15 is 0 Å². The normalized spacial score (nSPS) is 11.2. The summed E-state index contributed by atoms with van der Waals surface area (Å²) in [4.78, 5) is 0. The third kappa shape index (κ3) is 119. The second kappa shape index (κ2) is 23.6. The van der Waals surface area contributed by atoms with Gasteiger partial charge in [0, 0.05) is 45.8 Å². The average Bonchev–Trinajstić information content (AvgIpc) is 2.62. The van der Waals surface area contributed by atoms with Crippen LogP contribution in [-0.4, -0.2) is 109 Å². The molecule has 1 aromatic rings. The highest BCUT2D eigenvalue weighted by Crippen LogP contribution is 1.96. The molecule has 0 atom stereocenters. The van der Waals surface area contributed by atoms with Crippen LogP contribution in [0, 0.1) is 0 Å².